The van der Waals surface area contributed by atoms with Crippen LogP contribution in [0.5, 0.6) is 0 Å². The molecule has 4 N–H and O–H groups in total. The van der Waals surface area contributed by atoms with Crippen LogP contribution in [0.15, 0.2) is 18.2 Å². The number of aliphatic hydroxyl groups is 1. The molecule has 6 nitrogen and oxygen atoms in total. The maximum Gasteiger partial charge on any atom is 0.243 e. The first-order chi connectivity index (χ1) is 13.4. The Morgan fingerprint density at radius 3 is 2.82 bits per heavy atom. The van der Waals surface area contributed by atoms with Gasteiger partial charge in [-0.15, -0.1) is 0 Å². The highest BCUT2D eigenvalue weighted by atomic mass is 19.1. The van der Waals surface area contributed by atoms with Crippen LogP contribution in [0.1, 0.15) is 62.1 Å². The lowest BCUT2D eigenvalue weighted by atomic mass is 9.87. The Hall–Kier alpha value is -1.99. The molecule has 2 aliphatic heterocycles. The summed E-state index contributed by atoms with van der Waals surface area (Å²) in [6.45, 7) is 0. The third kappa shape index (κ3) is 3.65. The van der Waals surface area contributed by atoms with E-state index in [0.29, 0.717) is 19.3 Å². The van der Waals surface area contributed by atoms with Crippen molar-refractivity contribution < 1.29 is 19.1 Å². The summed E-state index contributed by atoms with van der Waals surface area (Å²) >= 11 is 0. The van der Waals surface area contributed by atoms with Gasteiger partial charge >= 0.3 is 0 Å². The minimum Gasteiger partial charge on any atom is -0.393 e. The Kier molecular flexibility index (Phi) is 5.38. The molecule has 0 spiro atoms. The average Bonchev–Trinajstić information content (AvgIpc) is 3.08. The van der Waals surface area contributed by atoms with E-state index >= 15 is 0 Å². The number of halogens is 1. The molecule has 0 saturated carbocycles. The monoisotopic (exact) mass is 389 g/mol. The standard InChI is InChI=1S/C21H28FN3O3/c22-13-4-8-16-12(10-13)2-1-3-18(16)24-20(27)19-9-6-14-5-7-15(26)11-17(23)21(28)25(14)19/h4,8,10,14-15,17-19,26H,1-3,5-7,9,11,23H2,(H,24,27)/t14-,15?,17-,18+,19-/m0/s1. The smallest absolute Gasteiger partial charge is 0.243 e. The second kappa shape index (κ2) is 7.79. The molecule has 4 rings (SSSR count). The molecule has 2 fully saturated rings. The fourth-order valence-corrected chi connectivity index (χ4v) is 5.05. The highest BCUT2D eigenvalue weighted by Gasteiger charge is 2.44. The Labute approximate surface area is 164 Å². The third-order valence-corrected chi connectivity index (χ3v) is 6.47. The SMILES string of the molecule is N[C@H]1CC(O)CC[C@H]2CC[C@@H](C(=O)N[C@@H]3CCCc4cc(F)ccc43)N2C1=O. The number of aryl methyl sites for hydroxylation is 1. The molecule has 2 saturated heterocycles. The molecule has 28 heavy (non-hydrogen) atoms. The Morgan fingerprint density at radius 2 is 2.00 bits per heavy atom. The van der Waals surface area contributed by atoms with Crippen LogP contribution >= 0.6 is 0 Å². The lowest BCUT2D eigenvalue weighted by Gasteiger charge is -2.36. The fourth-order valence-electron chi connectivity index (χ4n) is 5.05. The van der Waals surface area contributed by atoms with Crippen molar-refractivity contribution in [3.8, 4) is 0 Å². The van der Waals surface area contributed by atoms with Crippen molar-refractivity contribution in [2.24, 2.45) is 5.73 Å². The predicted octanol–water partition coefficient (Wildman–Crippen LogP) is 1.55. The van der Waals surface area contributed by atoms with Gasteiger partial charge in [0.15, 0.2) is 0 Å². The zero-order chi connectivity index (χ0) is 19.8. The number of carbonyl (C=O) groups is 2. The van der Waals surface area contributed by atoms with Gasteiger partial charge in [0, 0.05) is 6.04 Å². The molecule has 1 aromatic carbocycles. The molecule has 0 bridgehead atoms. The summed E-state index contributed by atoms with van der Waals surface area (Å²) in [6, 6.07) is 3.24. The topological polar surface area (TPSA) is 95.7 Å². The minimum absolute atomic E-state index is 0.0445. The van der Waals surface area contributed by atoms with Gasteiger partial charge in [-0.3, -0.25) is 9.59 Å². The van der Waals surface area contributed by atoms with Gasteiger partial charge in [0.05, 0.1) is 18.2 Å². The first-order valence-corrected chi connectivity index (χ1v) is 10.3. The maximum atomic E-state index is 13.5. The number of aliphatic hydroxyl groups excluding tert-OH is 1. The molecule has 152 valence electrons. The predicted molar refractivity (Wildman–Crippen MR) is 102 cm³/mol. The second-order valence-electron chi connectivity index (χ2n) is 8.36. The summed E-state index contributed by atoms with van der Waals surface area (Å²) in [4.78, 5) is 27.6. The molecule has 3 aliphatic rings. The zero-order valence-electron chi connectivity index (χ0n) is 15.9. The van der Waals surface area contributed by atoms with Crippen molar-refractivity contribution in [3.05, 3.63) is 35.1 Å². The molecular weight excluding hydrogens is 361 g/mol. The number of fused-ring (bicyclic) bond motifs is 2. The number of hydrogen-bond donors (Lipinski definition) is 3. The minimum atomic E-state index is -0.774. The number of nitrogens with zero attached hydrogens (tertiary/aromatic N) is 1. The highest BCUT2D eigenvalue weighted by Crippen LogP contribution is 2.33. The Morgan fingerprint density at radius 1 is 1.21 bits per heavy atom. The molecule has 5 atom stereocenters. The maximum absolute atomic E-state index is 13.5. The number of rotatable bonds is 2. The summed E-state index contributed by atoms with van der Waals surface area (Å²) in [5.74, 6) is -0.661. The van der Waals surface area contributed by atoms with Gasteiger partial charge in [-0.2, -0.15) is 0 Å². The first kappa shape index (κ1) is 19.3. The summed E-state index contributed by atoms with van der Waals surface area (Å²) < 4.78 is 13.5. The summed E-state index contributed by atoms with van der Waals surface area (Å²) in [6.07, 6.45) is 4.81. The average molecular weight is 389 g/mol. The number of benzene rings is 1. The molecule has 0 aromatic heterocycles. The van der Waals surface area contributed by atoms with E-state index in [9.17, 15) is 19.1 Å². The first-order valence-electron chi connectivity index (χ1n) is 10.3. The van der Waals surface area contributed by atoms with E-state index in [0.717, 1.165) is 36.8 Å². The largest absolute Gasteiger partial charge is 0.393 e. The van der Waals surface area contributed by atoms with Gasteiger partial charge in [-0.1, -0.05) is 6.07 Å². The van der Waals surface area contributed by atoms with E-state index in [4.69, 9.17) is 5.73 Å². The molecule has 1 unspecified atom stereocenters. The van der Waals surface area contributed by atoms with Crippen LogP contribution in [0.25, 0.3) is 0 Å². The van der Waals surface area contributed by atoms with Gasteiger partial charge in [0.1, 0.15) is 11.9 Å². The van der Waals surface area contributed by atoms with Gasteiger partial charge in [0.2, 0.25) is 11.8 Å². The summed E-state index contributed by atoms with van der Waals surface area (Å²) in [5, 5.41) is 13.1. The molecule has 0 radical (unpaired) electrons. The zero-order valence-corrected chi connectivity index (χ0v) is 15.9. The van der Waals surface area contributed by atoms with E-state index in [1.165, 1.54) is 6.07 Å². The van der Waals surface area contributed by atoms with E-state index in [1.54, 1.807) is 17.0 Å². The fraction of sp³-hybridized carbons (Fsp3) is 0.619. The van der Waals surface area contributed by atoms with E-state index < -0.39 is 18.2 Å². The van der Waals surface area contributed by atoms with E-state index in [1.807, 2.05) is 0 Å². The number of amides is 2. The van der Waals surface area contributed by atoms with Crippen molar-refractivity contribution in [1.29, 1.82) is 0 Å². The van der Waals surface area contributed by atoms with Gasteiger partial charge in [0.25, 0.3) is 0 Å². The van der Waals surface area contributed by atoms with Crippen LogP contribution in [0.4, 0.5) is 4.39 Å². The quantitative estimate of drug-likeness (QED) is 0.715. The molecule has 1 aliphatic carbocycles. The second-order valence-corrected chi connectivity index (χ2v) is 8.36. The van der Waals surface area contributed by atoms with Crippen molar-refractivity contribution in [1.82, 2.24) is 10.2 Å². The molecule has 2 amide bonds. The third-order valence-electron chi connectivity index (χ3n) is 6.47. The van der Waals surface area contributed by atoms with Crippen molar-refractivity contribution in [2.45, 2.75) is 81.6 Å². The van der Waals surface area contributed by atoms with Crippen LogP contribution in [0, 0.1) is 5.82 Å². The van der Waals surface area contributed by atoms with Gasteiger partial charge in [-0.25, -0.2) is 4.39 Å². The van der Waals surface area contributed by atoms with Crippen molar-refractivity contribution in [3.63, 3.8) is 0 Å². The Bertz CT molecular complexity index is 771. The molecule has 1 aromatic rings. The molecule has 7 heteroatoms. The number of hydrogen-bond acceptors (Lipinski definition) is 4. The summed E-state index contributed by atoms with van der Waals surface area (Å²) in [7, 11) is 0. The van der Waals surface area contributed by atoms with Crippen LogP contribution in [-0.4, -0.2) is 46.1 Å². The Balaban J connectivity index is 1.51. The van der Waals surface area contributed by atoms with Crippen LogP contribution in [0.3, 0.4) is 0 Å². The van der Waals surface area contributed by atoms with Gasteiger partial charge < -0.3 is 21.1 Å². The van der Waals surface area contributed by atoms with Crippen molar-refractivity contribution >= 4 is 11.8 Å². The normalized spacial score (nSPS) is 32.9. The van der Waals surface area contributed by atoms with E-state index in [-0.39, 0.29) is 36.1 Å². The van der Waals surface area contributed by atoms with Crippen LogP contribution in [-0.2, 0) is 16.0 Å². The number of carbonyl (C=O) groups excluding carboxylic acids is 2. The van der Waals surface area contributed by atoms with Gasteiger partial charge in [-0.05, 0) is 74.6 Å². The molecular formula is C21H28FN3O3. The molecule has 2 heterocycles. The number of nitrogens with one attached hydrogen (secondary N) is 1. The lowest BCUT2D eigenvalue weighted by molar-refractivity contribution is -0.143. The number of nitrogens with two attached hydrogens (primary N) is 1. The van der Waals surface area contributed by atoms with E-state index in [2.05, 4.69) is 5.32 Å². The van der Waals surface area contributed by atoms with Crippen molar-refractivity contribution in [2.75, 3.05) is 0 Å². The van der Waals surface area contributed by atoms with Crippen LogP contribution in [0.2, 0.25) is 0 Å². The highest BCUT2D eigenvalue weighted by molar-refractivity contribution is 5.91. The summed E-state index contributed by atoms with van der Waals surface area (Å²) in [5.41, 5.74) is 7.91. The lowest BCUT2D eigenvalue weighted by Crippen LogP contribution is -2.56. The van der Waals surface area contributed by atoms with Crippen LogP contribution < -0.4 is 11.1 Å².